The van der Waals surface area contributed by atoms with E-state index in [-0.39, 0.29) is 24.8 Å². The van der Waals surface area contributed by atoms with Crippen molar-refractivity contribution in [2.24, 2.45) is 5.92 Å². The highest BCUT2D eigenvalue weighted by molar-refractivity contribution is 6.35. The summed E-state index contributed by atoms with van der Waals surface area (Å²) in [6.07, 6.45) is 4.02. The van der Waals surface area contributed by atoms with E-state index in [0.717, 1.165) is 43.6 Å². The van der Waals surface area contributed by atoms with Gasteiger partial charge in [-0.3, -0.25) is 9.80 Å². The monoisotopic (exact) mass is 720 g/mol. The molecule has 2 bridgehead atoms. The van der Waals surface area contributed by atoms with E-state index < -0.39 is 18.2 Å². The lowest BCUT2D eigenvalue weighted by Gasteiger charge is -2.44. The molecule has 0 spiro atoms. The topological polar surface area (TPSA) is 112 Å². The summed E-state index contributed by atoms with van der Waals surface area (Å²) in [5.74, 6) is 0.849. The number of aryl methyl sites for hydroxylation is 1. The van der Waals surface area contributed by atoms with Crippen LogP contribution in [0.4, 0.5) is 10.5 Å². The zero-order chi connectivity index (χ0) is 35.4. The van der Waals surface area contributed by atoms with E-state index in [2.05, 4.69) is 9.88 Å². The van der Waals surface area contributed by atoms with Gasteiger partial charge in [0.2, 0.25) is 0 Å². The van der Waals surface area contributed by atoms with Crippen molar-refractivity contribution in [3.63, 3.8) is 0 Å². The number of piperidine rings is 3. The second kappa shape index (κ2) is 15.6. The molecule has 3 saturated heterocycles. The quantitative estimate of drug-likeness (QED) is 0.162. The van der Waals surface area contributed by atoms with Crippen LogP contribution in [0.5, 0.6) is 17.2 Å². The number of hydrogen-bond donors (Lipinski definition) is 1. The second-order valence-corrected chi connectivity index (χ2v) is 13.5. The van der Waals surface area contributed by atoms with Crippen LogP contribution in [0.3, 0.4) is 0 Å². The van der Waals surface area contributed by atoms with Crippen molar-refractivity contribution in [2.75, 3.05) is 38.8 Å². The first-order valence-corrected chi connectivity index (χ1v) is 17.2. The van der Waals surface area contributed by atoms with E-state index in [9.17, 15) is 14.7 Å². The highest BCUT2D eigenvalue weighted by Crippen LogP contribution is 2.36. The van der Waals surface area contributed by atoms with E-state index in [1.165, 1.54) is 12.0 Å². The Morgan fingerprint density at radius 1 is 0.960 bits per heavy atom. The SMILES string of the molecule is COc1ccc([C@H](Cc2c(Cl)c[nH+]cc2Cl)OC(=O)c2ccc(CN(C(=O)O[C@H]3CN4CCC3CC4)c3cc(C)cc(O)c3)cc2)cc1OC. The zero-order valence-corrected chi connectivity index (χ0v) is 29.7. The van der Waals surface area contributed by atoms with Crippen molar-refractivity contribution in [3.05, 3.63) is 111 Å². The third kappa shape index (κ3) is 8.09. The van der Waals surface area contributed by atoms with Crippen molar-refractivity contribution in [1.29, 1.82) is 0 Å². The lowest BCUT2D eigenvalue weighted by atomic mass is 9.86. The minimum Gasteiger partial charge on any atom is -0.508 e. The van der Waals surface area contributed by atoms with E-state index in [4.69, 9.17) is 42.1 Å². The number of rotatable bonds is 11. The maximum atomic E-state index is 13.7. The van der Waals surface area contributed by atoms with Crippen LogP contribution < -0.4 is 19.4 Å². The lowest BCUT2D eigenvalue weighted by Crippen LogP contribution is -2.53. The van der Waals surface area contributed by atoms with E-state index in [1.807, 2.05) is 13.0 Å². The molecule has 262 valence electrons. The summed E-state index contributed by atoms with van der Waals surface area (Å²) in [4.78, 5) is 34.1. The predicted molar refractivity (Wildman–Crippen MR) is 189 cm³/mol. The Morgan fingerprint density at radius 3 is 2.28 bits per heavy atom. The molecule has 12 heteroatoms. The van der Waals surface area contributed by atoms with Gasteiger partial charge in [0.1, 0.15) is 28.0 Å². The zero-order valence-electron chi connectivity index (χ0n) is 28.2. The van der Waals surface area contributed by atoms with Crippen molar-refractivity contribution in [3.8, 4) is 17.2 Å². The Kier molecular flexibility index (Phi) is 11.0. The molecule has 4 aromatic rings. The Labute approximate surface area is 301 Å². The van der Waals surface area contributed by atoms with Gasteiger partial charge < -0.3 is 24.1 Å². The number of ether oxygens (including phenoxy) is 4. The molecule has 1 amide bonds. The van der Waals surface area contributed by atoms with Crippen LogP contribution in [0, 0.1) is 12.8 Å². The minimum absolute atomic E-state index is 0.0546. The second-order valence-electron chi connectivity index (χ2n) is 12.7. The van der Waals surface area contributed by atoms with Crippen LogP contribution in [-0.2, 0) is 22.4 Å². The molecular formula is C38H40Cl2N3O7+. The molecule has 3 aromatic carbocycles. The molecule has 50 heavy (non-hydrogen) atoms. The van der Waals surface area contributed by atoms with Crippen molar-refractivity contribution >= 4 is 41.0 Å². The van der Waals surface area contributed by atoms with Gasteiger partial charge in [-0.25, -0.2) is 14.6 Å². The summed E-state index contributed by atoms with van der Waals surface area (Å²) in [5.41, 5.74) is 3.66. The van der Waals surface area contributed by atoms with Gasteiger partial charge in [0, 0.05) is 24.6 Å². The molecular weight excluding hydrogens is 681 g/mol. The van der Waals surface area contributed by atoms with Gasteiger partial charge in [0.15, 0.2) is 23.9 Å². The molecule has 2 atom stereocenters. The number of amides is 1. The number of phenols is 1. The Balaban J connectivity index is 1.22. The van der Waals surface area contributed by atoms with Crippen LogP contribution >= 0.6 is 23.2 Å². The van der Waals surface area contributed by atoms with Crippen molar-refractivity contribution in [1.82, 2.24) is 4.90 Å². The fourth-order valence-electron chi connectivity index (χ4n) is 6.66. The van der Waals surface area contributed by atoms with E-state index in [0.29, 0.717) is 49.8 Å². The average Bonchev–Trinajstić information content (AvgIpc) is 3.11. The molecule has 4 heterocycles. The number of fused-ring (bicyclic) bond motifs is 3. The summed E-state index contributed by atoms with van der Waals surface area (Å²) < 4.78 is 23.1. The number of H-pyrrole nitrogens is 1. The maximum absolute atomic E-state index is 13.7. The number of aromatic amines is 1. The van der Waals surface area contributed by atoms with Gasteiger partial charge in [-0.05, 0) is 91.9 Å². The van der Waals surface area contributed by atoms with Crippen LogP contribution in [-0.4, -0.2) is 62.0 Å². The van der Waals surface area contributed by atoms with Gasteiger partial charge in [-0.1, -0.05) is 41.4 Å². The van der Waals surface area contributed by atoms with Crippen LogP contribution in [0.15, 0.2) is 73.1 Å². The summed E-state index contributed by atoms with van der Waals surface area (Å²) in [7, 11) is 3.08. The van der Waals surface area contributed by atoms with Gasteiger partial charge in [0.05, 0.1) is 32.0 Å². The van der Waals surface area contributed by atoms with Gasteiger partial charge in [-0.2, -0.15) is 0 Å². The molecule has 2 N–H and O–H groups in total. The summed E-state index contributed by atoms with van der Waals surface area (Å²) >= 11 is 13.0. The number of nitrogens with one attached hydrogen (secondary N) is 1. The number of aromatic hydroxyl groups is 1. The first kappa shape index (κ1) is 35.3. The van der Waals surface area contributed by atoms with Crippen molar-refractivity contribution < 1.29 is 38.6 Å². The minimum atomic E-state index is -0.773. The maximum Gasteiger partial charge on any atom is 0.414 e. The fraction of sp³-hybridized carbons (Fsp3) is 0.342. The Bertz CT molecular complexity index is 1810. The largest absolute Gasteiger partial charge is 0.508 e. The number of methoxy groups -OCH3 is 2. The molecule has 7 rings (SSSR count). The molecule has 1 aromatic heterocycles. The number of phenolic OH excluding ortho intramolecular Hbond substituents is 1. The molecule has 10 nitrogen and oxygen atoms in total. The third-order valence-corrected chi connectivity index (χ3v) is 10.0. The molecule has 0 radical (unpaired) electrons. The Morgan fingerprint density at radius 2 is 1.66 bits per heavy atom. The lowest BCUT2D eigenvalue weighted by molar-refractivity contribution is -0.377. The van der Waals surface area contributed by atoms with Gasteiger partial charge in [-0.15, -0.1) is 0 Å². The van der Waals surface area contributed by atoms with E-state index in [1.54, 1.807) is 74.1 Å². The number of aromatic nitrogens is 1. The average molecular weight is 722 g/mol. The highest BCUT2D eigenvalue weighted by atomic mass is 35.5. The Hall–Kier alpha value is -4.51. The number of nitrogens with zero attached hydrogens (tertiary/aromatic N) is 2. The number of halogens is 2. The van der Waals surface area contributed by atoms with Crippen LogP contribution in [0.2, 0.25) is 10.0 Å². The van der Waals surface area contributed by atoms with Gasteiger partial charge in [0.25, 0.3) is 0 Å². The fourth-order valence-corrected chi connectivity index (χ4v) is 7.19. The molecule has 3 aliphatic rings. The smallest absolute Gasteiger partial charge is 0.414 e. The van der Waals surface area contributed by atoms with Gasteiger partial charge >= 0.3 is 12.1 Å². The predicted octanol–water partition coefficient (Wildman–Crippen LogP) is 7.22. The number of carbonyl (C=O) groups is 2. The molecule has 0 saturated carbocycles. The molecule has 3 fully saturated rings. The number of pyridine rings is 1. The van der Waals surface area contributed by atoms with Crippen LogP contribution in [0.25, 0.3) is 0 Å². The molecule has 0 aliphatic carbocycles. The molecule has 3 aliphatic heterocycles. The molecule has 0 unspecified atom stereocenters. The third-order valence-electron chi connectivity index (χ3n) is 9.37. The van der Waals surface area contributed by atoms with Crippen molar-refractivity contribution in [2.45, 2.75) is 44.9 Å². The van der Waals surface area contributed by atoms with E-state index >= 15 is 0 Å². The summed E-state index contributed by atoms with van der Waals surface area (Å²) in [5, 5.41) is 11.2. The van der Waals surface area contributed by atoms with Crippen LogP contribution in [0.1, 0.15) is 51.6 Å². The number of benzene rings is 3. The standard InChI is InChI=1S/C38H39Cl2N3O7/c1-23-14-28(17-29(44)15-23)43(38(46)50-36-22-42-12-10-25(36)11-13-42)21-24-4-6-26(7-5-24)37(45)49-34(18-30-31(39)19-41-20-32(30)40)27-8-9-33(47-2)35(16-27)48-3/h4-9,14-17,19-20,25,34,36,44H,10-13,18,21-22H2,1-3H3/p+1/t34-,36-/m0/s1. The number of carbonyl (C=O) groups excluding carboxylic acids is 2. The first-order chi connectivity index (χ1) is 24.1. The highest BCUT2D eigenvalue weighted by Gasteiger charge is 2.37. The number of hydrogen-bond acceptors (Lipinski definition) is 8. The number of anilines is 1. The normalized spacial score (nSPS) is 18.6. The summed E-state index contributed by atoms with van der Waals surface area (Å²) in [6.45, 7) is 4.81. The first-order valence-electron chi connectivity index (χ1n) is 16.5. The summed E-state index contributed by atoms with van der Waals surface area (Å²) in [6, 6.07) is 17.2. The number of esters is 1.